The summed E-state index contributed by atoms with van der Waals surface area (Å²) in [7, 11) is 0. The van der Waals surface area contributed by atoms with Gasteiger partial charge in [0.1, 0.15) is 11.4 Å². The number of carbonyl (C=O) groups excluding carboxylic acids is 1. The molecule has 5 heteroatoms. The van der Waals surface area contributed by atoms with E-state index in [1.165, 1.54) is 0 Å². The van der Waals surface area contributed by atoms with Crippen LogP contribution in [-0.2, 0) is 4.79 Å². The Bertz CT molecular complexity index is 724. The highest BCUT2D eigenvalue weighted by molar-refractivity contribution is 5.93. The lowest BCUT2D eigenvalue weighted by Crippen LogP contribution is -2.37. The number of amides is 1. The molecule has 1 aliphatic heterocycles. The molecule has 3 rings (SSSR count). The number of piperidine rings is 1. The molecule has 24 heavy (non-hydrogen) atoms. The Morgan fingerprint density at radius 1 is 1.29 bits per heavy atom. The Labute approximate surface area is 142 Å². The zero-order chi connectivity index (χ0) is 16.9. The molecule has 1 fully saturated rings. The minimum atomic E-state index is -0.00693. The monoisotopic (exact) mass is 325 g/mol. The van der Waals surface area contributed by atoms with Gasteiger partial charge in [-0.1, -0.05) is 12.1 Å². The molecule has 1 atom stereocenters. The van der Waals surface area contributed by atoms with E-state index in [4.69, 9.17) is 4.74 Å². The third kappa shape index (κ3) is 3.74. The number of aryl methyl sites for hydroxylation is 1. The second kappa shape index (κ2) is 7.45. The molecule has 0 radical (unpaired) electrons. The van der Waals surface area contributed by atoms with E-state index in [9.17, 15) is 4.79 Å². The van der Waals surface area contributed by atoms with Gasteiger partial charge < -0.3 is 15.4 Å². The van der Waals surface area contributed by atoms with Crippen LogP contribution < -0.4 is 15.4 Å². The van der Waals surface area contributed by atoms with Crippen LogP contribution in [0, 0.1) is 19.8 Å². The molecule has 1 aromatic heterocycles. The molecular formula is C19H23N3O2. The third-order valence-electron chi connectivity index (χ3n) is 4.46. The number of nitrogens with zero attached hydrogens (tertiary/aromatic N) is 1. The maximum Gasteiger partial charge on any atom is 0.243 e. The standard InChI is InChI=1S/C19H23N3O2/c1-13-6-3-9-17(14(13)2)24-19-16(8-5-11-21-19)22-18(23)15-7-4-10-20-12-15/h3,5-6,8-9,11,15,20H,4,7,10,12H2,1-2H3,(H,22,23). The zero-order valence-electron chi connectivity index (χ0n) is 14.1. The number of pyridine rings is 1. The zero-order valence-corrected chi connectivity index (χ0v) is 14.1. The highest BCUT2D eigenvalue weighted by Crippen LogP contribution is 2.30. The van der Waals surface area contributed by atoms with Crippen LogP contribution in [0.1, 0.15) is 24.0 Å². The fraction of sp³-hybridized carbons (Fsp3) is 0.368. The van der Waals surface area contributed by atoms with E-state index in [2.05, 4.69) is 15.6 Å². The maximum absolute atomic E-state index is 12.5. The van der Waals surface area contributed by atoms with Gasteiger partial charge in [-0.25, -0.2) is 4.98 Å². The second-order valence-corrected chi connectivity index (χ2v) is 6.19. The molecule has 1 aromatic carbocycles. The maximum atomic E-state index is 12.5. The van der Waals surface area contributed by atoms with Gasteiger partial charge in [-0.15, -0.1) is 0 Å². The molecule has 0 spiro atoms. The van der Waals surface area contributed by atoms with E-state index in [-0.39, 0.29) is 11.8 Å². The highest BCUT2D eigenvalue weighted by atomic mass is 16.5. The molecule has 0 aliphatic carbocycles. The fourth-order valence-electron chi connectivity index (χ4n) is 2.82. The Morgan fingerprint density at radius 3 is 2.96 bits per heavy atom. The van der Waals surface area contributed by atoms with Crippen LogP contribution in [0.5, 0.6) is 11.6 Å². The first-order valence-corrected chi connectivity index (χ1v) is 8.36. The van der Waals surface area contributed by atoms with Crippen molar-refractivity contribution in [2.75, 3.05) is 18.4 Å². The lowest BCUT2D eigenvalue weighted by Gasteiger charge is -2.22. The van der Waals surface area contributed by atoms with Gasteiger partial charge in [0, 0.05) is 12.7 Å². The van der Waals surface area contributed by atoms with E-state index in [1.807, 2.05) is 38.1 Å². The summed E-state index contributed by atoms with van der Waals surface area (Å²) < 4.78 is 5.97. The first-order chi connectivity index (χ1) is 11.6. The van der Waals surface area contributed by atoms with Gasteiger partial charge in [-0.2, -0.15) is 0 Å². The SMILES string of the molecule is Cc1cccc(Oc2ncccc2NC(=O)C2CCCNC2)c1C. The molecule has 0 saturated carbocycles. The minimum absolute atomic E-state index is 0.00693. The lowest BCUT2D eigenvalue weighted by molar-refractivity contribution is -0.120. The number of aromatic nitrogens is 1. The van der Waals surface area contributed by atoms with Gasteiger partial charge in [0.2, 0.25) is 11.8 Å². The Balaban J connectivity index is 1.77. The number of nitrogens with one attached hydrogen (secondary N) is 2. The number of hydrogen-bond acceptors (Lipinski definition) is 4. The molecular weight excluding hydrogens is 302 g/mol. The van der Waals surface area contributed by atoms with Gasteiger partial charge in [0.25, 0.3) is 0 Å². The van der Waals surface area contributed by atoms with Crippen molar-refractivity contribution >= 4 is 11.6 Å². The average molecular weight is 325 g/mol. The van der Waals surface area contributed by atoms with E-state index >= 15 is 0 Å². The molecule has 1 amide bonds. The van der Waals surface area contributed by atoms with Crippen molar-refractivity contribution < 1.29 is 9.53 Å². The molecule has 2 N–H and O–H groups in total. The van der Waals surface area contributed by atoms with Crippen molar-refractivity contribution in [2.45, 2.75) is 26.7 Å². The van der Waals surface area contributed by atoms with Crippen LogP contribution in [-0.4, -0.2) is 24.0 Å². The Morgan fingerprint density at radius 2 is 2.17 bits per heavy atom. The van der Waals surface area contributed by atoms with E-state index in [1.54, 1.807) is 12.3 Å². The molecule has 1 saturated heterocycles. The van der Waals surface area contributed by atoms with Crippen molar-refractivity contribution in [1.82, 2.24) is 10.3 Å². The fourth-order valence-corrected chi connectivity index (χ4v) is 2.82. The van der Waals surface area contributed by atoms with E-state index < -0.39 is 0 Å². The topological polar surface area (TPSA) is 63.2 Å². The summed E-state index contributed by atoms with van der Waals surface area (Å²) in [5.74, 6) is 1.18. The second-order valence-electron chi connectivity index (χ2n) is 6.19. The van der Waals surface area contributed by atoms with Gasteiger partial charge in [-0.3, -0.25) is 4.79 Å². The Hall–Kier alpha value is -2.40. The summed E-state index contributed by atoms with van der Waals surface area (Å²) in [4.78, 5) is 16.7. The molecule has 2 heterocycles. The van der Waals surface area contributed by atoms with Crippen molar-refractivity contribution in [3.05, 3.63) is 47.7 Å². The van der Waals surface area contributed by atoms with Crippen LogP contribution in [0.3, 0.4) is 0 Å². The van der Waals surface area contributed by atoms with Crippen molar-refractivity contribution in [2.24, 2.45) is 5.92 Å². The quantitative estimate of drug-likeness (QED) is 0.904. The van der Waals surface area contributed by atoms with Crippen LogP contribution >= 0.6 is 0 Å². The summed E-state index contributed by atoms with van der Waals surface area (Å²) in [5, 5.41) is 6.23. The number of carbonyl (C=O) groups is 1. The number of benzene rings is 1. The summed E-state index contributed by atoms with van der Waals surface area (Å²) in [6.45, 7) is 5.76. The van der Waals surface area contributed by atoms with Gasteiger partial charge >= 0.3 is 0 Å². The molecule has 5 nitrogen and oxygen atoms in total. The first-order valence-electron chi connectivity index (χ1n) is 8.36. The summed E-state index contributed by atoms with van der Waals surface area (Å²) in [6.07, 6.45) is 3.60. The summed E-state index contributed by atoms with van der Waals surface area (Å²) in [5.41, 5.74) is 2.83. The van der Waals surface area contributed by atoms with Gasteiger partial charge in [0.15, 0.2) is 0 Å². The number of anilines is 1. The third-order valence-corrected chi connectivity index (χ3v) is 4.46. The van der Waals surface area contributed by atoms with Crippen molar-refractivity contribution in [3.63, 3.8) is 0 Å². The van der Waals surface area contributed by atoms with E-state index in [0.29, 0.717) is 11.6 Å². The molecule has 126 valence electrons. The molecule has 1 unspecified atom stereocenters. The smallest absolute Gasteiger partial charge is 0.243 e. The largest absolute Gasteiger partial charge is 0.437 e. The number of hydrogen-bond donors (Lipinski definition) is 2. The predicted octanol–water partition coefficient (Wildman–Crippen LogP) is 3.43. The van der Waals surface area contributed by atoms with Gasteiger partial charge in [-0.05, 0) is 62.6 Å². The van der Waals surface area contributed by atoms with Crippen LogP contribution in [0.4, 0.5) is 5.69 Å². The number of ether oxygens (including phenoxy) is 1. The normalized spacial score (nSPS) is 17.3. The summed E-state index contributed by atoms with van der Waals surface area (Å²) >= 11 is 0. The lowest BCUT2D eigenvalue weighted by atomic mass is 9.99. The van der Waals surface area contributed by atoms with Crippen LogP contribution in [0.25, 0.3) is 0 Å². The Kier molecular flexibility index (Phi) is 5.11. The van der Waals surface area contributed by atoms with Crippen molar-refractivity contribution in [3.8, 4) is 11.6 Å². The van der Waals surface area contributed by atoms with Crippen LogP contribution in [0.2, 0.25) is 0 Å². The summed E-state index contributed by atoms with van der Waals surface area (Å²) in [6, 6.07) is 9.52. The van der Waals surface area contributed by atoms with Crippen molar-refractivity contribution in [1.29, 1.82) is 0 Å². The van der Waals surface area contributed by atoms with E-state index in [0.717, 1.165) is 42.8 Å². The highest BCUT2D eigenvalue weighted by Gasteiger charge is 2.22. The molecule has 0 bridgehead atoms. The van der Waals surface area contributed by atoms with Gasteiger partial charge in [0.05, 0.1) is 5.92 Å². The first kappa shape index (κ1) is 16.5. The predicted molar refractivity (Wildman–Crippen MR) is 94.5 cm³/mol. The molecule has 1 aliphatic rings. The number of rotatable bonds is 4. The molecule has 2 aromatic rings. The average Bonchev–Trinajstić information content (AvgIpc) is 2.61. The minimum Gasteiger partial charge on any atom is -0.437 e. The van der Waals surface area contributed by atoms with Crippen LogP contribution in [0.15, 0.2) is 36.5 Å².